The van der Waals surface area contributed by atoms with Gasteiger partial charge in [-0.05, 0) is 43.3 Å². The van der Waals surface area contributed by atoms with Crippen LogP contribution < -0.4 is 10.6 Å². The smallest absolute Gasteiger partial charge is 0.416 e. The van der Waals surface area contributed by atoms with E-state index in [9.17, 15) is 27.6 Å². The third-order valence-electron chi connectivity index (χ3n) is 3.58. The quantitative estimate of drug-likeness (QED) is 0.737. The number of nitrogens with one attached hydrogen (secondary N) is 2. The largest absolute Gasteiger partial charge is 0.462 e. The van der Waals surface area contributed by atoms with E-state index in [2.05, 4.69) is 10.6 Å². The summed E-state index contributed by atoms with van der Waals surface area (Å²) >= 11 is 0. The first-order valence-electron chi connectivity index (χ1n) is 8.24. The molecule has 0 aromatic heterocycles. The molecule has 2 amide bonds. The van der Waals surface area contributed by atoms with Crippen LogP contribution in [0.15, 0.2) is 48.5 Å². The average Bonchev–Trinajstić information content (AvgIpc) is 2.66. The number of hydrogen-bond donors (Lipinski definition) is 2. The van der Waals surface area contributed by atoms with E-state index in [0.717, 1.165) is 24.3 Å². The van der Waals surface area contributed by atoms with Crippen molar-refractivity contribution in [3.05, 3.63) is 65.2 Å². The fourth-order valence-electron chi connectivity index (χ4n) is 2.25. The van der Waals surface area contributed by atoms with Crippen LogP contribution in [0.5, 0.6) is 0 Å². The van der Waals surface area contributed by atoms with Crippen molar-refractivity contribution in [2.75, 3.05) is 18.5 Å². The van der Waals surface area contributed by atoms with E-state index >= 15 is 0 Å². The molecule has 0 atom stereocenters. The summed E-state index contributed by atoms with van der Waals surface area (Å²) in [6.45, 7) is 1.39. The number of ether oxygens (including phenoxy) is 1. The third-order valence-corrected chi connectivity index (χ3v) is 3.58. The van der Waals surface area contributed by atoms with Crippen molar-refractivity contribution in [1.29, 1.82) is 0 Å². The Kier molecular flexibility index (Phi) is 6.75. The highest BCUT2D eigenvalue weighted by molar-refractivity contribution is 6.03. The highest BCUT2D eigenvalue weighted by Crippen LogP contribution is 2.29. The maximum absolute atomic E-state index is 12.5. The Balaban J connectivity index is 1.96. The molecule has 0 saturated heterocycles. The number of esters is 1. The summed E-state index contributed by atoms with van der Waals surface area (Å²) < 4.78 is 42.5. The van der Waals surface area contributed by atoms with Crippen LogP contribution in [-0.2, 0) is 15.7 Å². The summed E-state index contributed by atoms with van der Waals surface area (Å²) in [5, 5.41) is 4.79. The maximum atomic E-state index is 12.5. The molecule has 0 aliphatic carbocycles. The molecule has 6 nitrogen and oxygen atoms in total. The summed E-state index contributed by atoms with van der Waals surface area (Å²) in [6, 6.07) is 9.80. The molecule has 2 N–H and O–H groups in total. The van der Waals surface area contributed by atoms with Gasteiger partial charge >= 0.3 is 12.1 Å². The second kappa shape index (κ2) is 9.03. The molecule has 0 aliphatic heterocycles. The van der Waals surface area contributed by atoms with Crippen molar-refractivity contribution in [2.24, 2.45) is 0 Å². The fraction of sp³-hybridized carbons (Fsp3) is 0.211. The molecule has 0 bridgehead atoms. The van der Waals surface area contributed by atoms with E-state index in [0.29, 0.717) is 0 Å². The highest BCUT2D eigenvalue weighted by atomic mass is 19.4. The number of amides is 2. The van der Waals surface area contributed by atoms with E-state index in [1.54, 1.807) is 19.1 Å². The van der Waals surface area contributed by atoms with Crippen LogP contribution in [0.25, 0.3) is 0 Å². The first kappa shape index (κ1) is 20.9. The molecule has 0 spiro atoms. The van der Waals surface area contributed by atoms with Gasteiger partial charge in [-0.25, -0.2) is 4.79 Å². The molecule has 2 rings (SSSR count). The van der Waals surface area contributed by atoms with Crippen LogP contribution in [0.3, 0.4) is 0 Å². The lowest BCUT2D eigenvalue weighted by molar-refractivity contribution is -0.137. The van der Waals surface area contributed by atoms with Gasteiger partial charge in [-0.3, -0.25) is 9.59 Å². The Morgan fingerprint density at radius 2 is 1.64 bits per heavy atom. The van der Waals surface area contributed by atoms with Gasteiger partial charge in [-0.1, -0.05) is 12.1 Å². The average molecular weight is 394 g/mol. The molecule has 9 heteroatoms. The van der Waals surface area contributed by atoms with Gasteiger partial charge in [0, 0.05) is 5.56 Å². The second-order valence-electron chi connectivity index (χ2n) is 5.57. The molecule has 0 fully saturated rings. The number of carbonyl (C=O) groups is 3. The summed E-state index contributed by atoms with van der Waals surface area (Å²) in [5.41, 5.74) is -0.522. The second-order valence-corrected chi connectivity index (χ2v) is 5.57. The normalized spacial score (nSPS) is 10.9. The molecule has 28 heavy (non-hydrogen) atoms. The molecule has 148 valence electrons. The minimum Gasteiger partial charge on any atom is -0.462 e. The Bertz CT molecular complexity index is 864. The van der Waals surface area contributed by atoms with Gasteiger partial charge in [-0.15, -0.1) is 0 Å². The van der Waals surface area contributed by atoms with Gasteiger partial charge in [0.25, 0.3) is 5.91 Å². The fourth-order valence-corrected chi connectivity index (χ4v) is 2.25. The van der Waals surface area contributed by atoms with E-state index < -0.39 is 36.1 Å². The zero-order valence-corrected chi connectivity index (χ0v) is 14.8. The molecule has 0 heterocycles. The molecular formula is C19H17F3N2O4. The molecule has 0 aliphatic rings. The Morgan fingerprint density at radius 3 is 2.25 bits per heavy atom. The lowest BCUT2D eigenvalue weighted by Gasteiger charge is -2.11. The van der Waals surface area contributed by atoms with Gasteiger partial charge in [-0.2, -0.15) is 13.2 Å². The van der Waals surface area contributed by atoms with E-state index in [4.69, 9.17) is 4.74 Å². The lowest BCUT2D eigenvalue weighted by Crippen LogP contribution is -2.33. The van der Waals surface area contributed by atoms with Crippen LogP contribution in [0.2, 0.25) is 0 Å². The van der Waals surface area contributed by atoms with Gasteiger partial charge in [0.15, 0.2) is 0 Å². The number of halogens is 3. The molecular weight excluding hydrogens is 377 g/mol. The molecule has 2 aromatic rings. The molecule has 0 unspecified atom stereocenters. The standard InChI is InChI=1S/C19H17F3N2O4/c1-2-28-18(27)14-5-3-4-6-15(14)24-16(25)11-23-17(26)12-7-9-13(10-8-12)19(20,21)22/h3-10H,2,11H2,1H3,(H,23,26)(H,24,25). The Morgan fingerprint density at radius 1 is 1.00 bits per heavy atom. The monoisotopic (exact) mass is 394 g/mol. The zero-order valence-electron chi connectivity index (χ0n) is 14.8. The van der Waals surface area contributed by atoms with Crippen LogP contribution in [0.4, 0.5) is 18.9 Å². The van der Waals surface area contributed by atoms with E-state index in [-0.39, 0.29) is 23.4 Å². The van der Waals surface area contributed by atoms with Crippen molar-refractivity contribution < 1.29 is 32.3 Å². The number of carbonyl (C=O) groups excluding carboxylic acids is 3. The minimum absolute atomic E-state index is 0.0206. The number of hydrogen-bond acceptors (Lipinski definition) is 4. The highest BCUT2D eigenvalue weighted by Gasteiger charge is 2.30. The van der Waals surface area contributed by atoms with Crippen molar-refractivity contribution in [1.82, 2.24) is 5.32 Å². The van der Waals surface area contributed by atoms with E-state index in [1.165, 1.54) is 12.1 Å². The number of para-hydroxylation sites is 1. The molecule has 2 aromatic carbocycles. The summed E-state index contributed by atoms with van der Waals surface area (Å²) in [7, 11) is 0. The zero-order chi connectivity index (χ0) is 20.7. The molecule has 0 saturated carbocycles. The Labute approximate surface area is 158 Å². The van der Waals surface area contributed by atoms with Crippen LogP contribution in [0, 0.1) is 0 Å². The van der Waals surface area contributed by atoms with Crippen LogP contribution in [-0.4, -0.2) is 30.9 Å². The van der Waals surface area contributed by atoms with E-state index in [1.807, 2.05) is 0 Å². The van der Waals surface area contributed by atoms with Gasteiger partial charge in [0.2, 0.25) is 5.91 Å². The summed E-state index contributed by atoms with van der Waals surface area (Å²) in [5.74, 6) is -1.92. The number of benzene rings is 2. The summed E-state index contributed by atoms with van der Waals surface area (Å²) in [6.07, 6.45) is -4.50. The maximum Gasteiger partial charge on any atom is 0.416 e. The predicted octanol–water partition coefficient (Wildman–Crippen LogP) is 3.25. The number of alkyl halides is 3. The molecule has 0 radical (unpaired) electrons. The van der Waals surface area contributed by atoms with Crippen molar-refractivity contribution >= 4 is 23.5 Å². The van der Waals surface area contributed by atoms with Gasteiger partial charge in [0.1, 0.15) is 0 Å². The topological polar surface area (TPSA) is 84.5 Å². The lowest BCUT2D eigenvalue weighted by atomic mass is 10.1. The Hall–Kier alpha value is -3.36. The van der Waals surface area contributed by atoms with Crippen molar-refractivity contribution in [3.63, 3.8) is 0 Å². The van der Waals surface area contributed by atoms with Crippen LogP contribution >= 0.6 is 0 Å². The van der Waals surface area contributed by atoms with Gasteiger partial charge < -0.3 is 15.4 Å². The first-order valence-corrected chi connectivity index (χ1v) is 8.24. The third kappa shape index (κ3) is 5.57. The SMILES string of the molecule is CCOC(=O)c1ccccc1NC(=O)CNC(=O)c1ccc(C(F)(F)F)cc1. The number of rotatable bonds is 6. The minimum atomic E-state index is -4.50. The number of anilines is 1. The predicted molar refractivity (Wildman–Crippen MR) is 94.8 cm³/mol. The van der Waals surface area contributed by atoms with Crippen LogP contribution in [0.1, 0.15) is 33.2 Å². The first-order chi connectivity index (χ1) is 13.2. The van der Waals surface area contributed by atoms with Crippen molar-refractivity contribution in [3.8, 4) is 0 Å². The summed E-state index contributed by atoms with van der Waals surface area (Å²) in [4.78, 5) is 35.9. The van der Waals surface area contributed by atoms with Gasteiger partial charge in [0.05, 0.1) is 30.0 Å². The van der Waals surface area contributed by atoms with Crippen molar-refractivity contribution in [2.45, 2.75) is 13.1 Å².